The van der Waals surface area contributed by atoms with Gasteiger partial charge in [0.1, 0.15) is 0 Å². The van der Waals surface area contributed by atoms with Crippen molar-refractivity contribution >= 4 is 11.8 Å². The highest BCUT2D eigenvalue weighted by Crippen LogP contribution is 2.09. The molecule has 0 aliphatic heterocycles. The summed E-state index contributed by atoms with van der Waals surface area (Å²) in [7, 11) is 0. The molecule has 0 aliphatic rings. The summed E-state index contributed by atoms with van der Waals surface area (Å²) in [6, 6.07) is 8.43. The van der Waals surface area contributed by atoms with Gasteiger partial charge in [0, 0.05) is 12.3 Å². The van der Waals surface area contributed by atoms with Gasteiger partial charge in [-0.25, -0.2) is 4.79 Å². The molecule has 0 unspecified atom stereocenters. The smallest absolute Gasteiger partial charge is 0.320 e. The van der Waals surface area contributed by atoms with Crippen molar-refractivity contribution in [3.05, 3.63) is 42.2 Å². The van der Waals surface area contributed by atoms with Crippen LogP contribution in [0.1, 0.15) is 19.5 Å². The fourth-order valence-electron chi connectivity index (χ4n) is 1.53. The number of ether oxygens (including phenoxy) is 1. The van der Waals surface area contributed by atoms with Crippen LogP contribution < -0.4 is 15.4 Å². The van der Waals surface area contributed by atoms with Crippen molar-refractivity contribution in [2.24, 2.45) is 0 Å². The highest BCUT2D eigenvalue weighted by Gasteiger charge is 2.05. The largest absolute Gasteiger partial charge is 0.474 e. The second kappa shape index (κ2) is 7.18. The Kier molecular flexibility index (Phi) is 5.03. The molecule has 21 heavy (non-hydrogen) atoms. The normalized spacial score (nSPS) is 10.2. The maximum absolute atomic E-state index is 11.7. The fourth-order valence-corrected chi connectivity index (χ4v) is 1.53. The summed E-state index contributed by atoms with van der Waals surface area (Å²) in [5, 5.41) is 13.0. The number of carbonyl (C=O) groups excluding carboxylic acids is 1. The van der Waals surface area contributed by atoms with Crippen molar-refractivity contribution in [2.75, 3.05) is 5.32 Å². The van der Waals surface area contributed by atoms with Crippen molar-refractivity contribution in [3.8, 4) is 5.88 Å². The van der Waals surface area contributed by atoms with Gasteiger partial charge in [0.05, 0.1) is 18.3 Å². The Morgan fingerprint density at radius 1 is 1.24 bits per heavy atom. The van der Waals surface area contributed by atoms with Gasteiger partial charge in [-0.3, -0.25) is 10.3 Å². The maximum Gasteiger partial charge on any atom is 0.320 e. The SMILES string of the molecule is CC(C)Oc1ccc(NC(=O)NCc2ccccn2)nn1. The molecule has 0 spiro atoms. The van der Waals surface area contributed by atoms with Crippen LogP contribution in [0.15, 0.2) is 36.5 Å². The van der Waals surface area contributed by atoms with E-state index < -0.39 is 0 Å². The number of hydrogen-bond donors (Lipinski definition) is 2. The van der Waals surface area contributed by atoms with Gasteiger partial charge in [-0.05, 0) is 32.0 Å². The number of nitrogens with one attached hydrogen (secondary N) is 2. The number of amides is 2. The first kappa shape index (κ1) is 14.7. The van der Waals surface area contributed by atoms with E-state index in [9.17, 15) is 4.79 Å². The van der Waals surface area contributed by atoms with Gasteiger partial charge in [-0.1, -0.05) is 6.07 Å². The van der Waals surface area contributed by atoms with Crippen molar-refractivity contribution in [3.63, 3.8) is 0 Å². The zero-order valence-electron chi connectivity index (χ0n) is 11.9. The molecule has 2 heterocycles. The third-order valence-corrected chi connectivity index (χ3v) is 2.39. The first-order chi connectivity index (χ1) is 10.1. The number of rotatable bonds is 5. The van der Waals surface area contributed by atoms with E-state index in [1.54, 1.807) is 18.3 Å². The van der Waals surface area contributed by atoms with Crippen molar-refractivity contribution < 1.29 is 9.53 Å². The molecule has 7 heteroatoms. The van der Waals surface area contributed by atoms with E-state index in [1.807, 2.05) is 32.0 Å². The molecule has 110 valence electrons. The average Bonchev–Trinajstić information content (AvgIpc) is 2.48. The van der Waals surface area contributed by atoms with Crippen LogP contribution in [0.5, 0.6) is 5.88 Å². The predicted molar refractivity (Wildman–Crippen MR) is 77.9 cm³/mol. The number of hydrogen-bond acceptors (Lipinski definition) is 5. The standard InChI is InChI=1S/C14H17N5O2/c1-10(2)21-13-7-6-12(18-19-13)17-14(20)16-9-11-5-3-4-8-15-11/h3-8,10H,9H2,1-2H3,(H2,16,17,18,20). The summed E-state index contributed by atoms with van der Waals surface area (Å²) in [5.41, 5.74) is 0.777. The Morgan fingerprint density at radius 3 is 2.71 bits per heavy atom. The average molecular weight is 287 g/mol. The molecule has 0 fully saturated rings. The molecule has 0 aromatic carbocycles. The molecule has 0 bridgehead atoms. The lowest BCUT2D eigenvalue weighted by molar-refractivity contribution is 0.230. The second-order valence-electron chi connectivity index (χ2n) is 4.55. The van der Waals surface area contributed by atoms with Gasteiger partial charge in [0.25, 0.3) is 0 Å². The van der Waals surface area contributed by atoms with Crippen LogP contribution in [0, 0.1) is 0 Å². The molecule has 0 aliphatic carbocycles. The molecule has 7 nitrogen and oxygen atoms in total. The number of anilines is 1. The van der Waals surface area contributed by atoms with Crippen LogP contribution in [0.4, 0.5) is 10.6 Å². The lowest BCUT2D eigenvalue weighted by atomic mass is 10.3. The fraction of sp³-hybridized carbons (Fsp3) is 0.286. The lowest BCUT2D eigenvalue weighted by Gasteiger charge is -2.09. The molecule has 0 atom stereocenters. The quantitative estimate of drug-likeness (QED) is 0.877. The van der Waals surface area contributed by atoms with E-state index in [0.29, 0.717) is 18.2 Å². The zero-order valence-corrected chi connectivity index (χ0v) is 11.9. The van der Waals surface area contributed by atoms with Crippen LogP contribution in [0.2, 0.25) is 0 Å². The lowest BCUT2D eigenvalue weighted by Crippen LogP contribution is -2.29. The van der Waals surface area contributed by atoms with Crippen molar-refractivity contribution in [2.45, 2.75) is 26.5 Å². The summed E-state index contributed by atoms with van der Waals surface area (Å²) >= 11 is 0. The molecule has 2 aromatic heterocycles. The van der Waals surface area contributed by atoms with Gasteiger partial charge in [0.15, 0.2) is 5.82 Å². The minimum atomic E-state index is -0.368. The monoisotopic (exact) mass is 287 g/mol. The van der Waals surface area contributed by atoms with E-state index in [0.717, 1.165) is 5.69 Å². The van der Waals surface area contributed by atoms with Gasteiger partial charge < -0.3 is 10.1 Å². The van der Waals surface area contributed by atoms with E-state index in [2.05, 4.69) is 25.8 Å². The number of urea groups is 1. The Morgan fingerprint density at radius 2 is 2.10 bits per heavy atom. The van der Waals surface area contributed by atoms with Gasteiger partial charge in [0.2, 0.25) is 5.88 Å². The number of nitrogens with zero attached hydrogens (tertiary/aromatic N) is 3. The Balaban J connectivity index is 1.82. The molecule has 2 aromatic rings. The highest BCUT2D eigenvalue weighted by atomic mass is 16.5. The Bertz CT molecular complexity index is 572. The maximum atomic E-state index is 11.7. The Hall–Kier alpha value is -2.70. The van der Waals surface area contributed by atoms with Crippen LogP contribution >= 0.6 is 0 Å². The first-order valence-electron chi connectivity index (χ1n) is 6.58. The van der Waals surface area contributed by atoms with Crippen molar-refractivity contribution in [1.29, 1.82) is 0 Å². The molecule has 2 amide bonds. The van der Waals surface area contributed by atoms with Crippen LogP contribution in [-0.2, 0) is 6.54 Å². The van der Waals surface area contributed by atoms with Crippen LogP contribution in [0.3, 0.4) is 0 Å². The topological polar surface area (TPSA) is 89.0 Å². The third-order valence-electron chi connectivity index (χ3n) is 2.39. The van der Waals surface area contributed by atoms with E-state index in [4.69, 9.17) is 4.74 Å². The number of aromatic nitrogens is 3. The van der Waals surface area contributed by atoms with Crippen LogP contribution in [0.25, 0.3) is 0 Å². The van der Waals surface area contributed by atoms with Gasteiger partial charge in [-0.2, -0.15) is 0 Å². The summed E-state index contributed by atoms with van der Waals surface area (Å²) in [4.78, 5) is 15.8. The summed E-state index contributed by atoms with van der Waals surface area (Å²) in [6.45, 7) is 4.15. The minimum Gasteiger partial charge on any atom is -0.474 e. The third kappa shape index (κ3) is 5.06. The predicted octanol–water partition coefficient (Wildman–Crippen LogP) is 1.98. The highest BCUT2D eigenvalue weighted by molar-refractivity contribution is 5.87. The van der Waals surface area contributed by atoms with E-state index >= 15 is 0 Å². The van der Waals surface area contributed by atoms with Gasteiger partial charge >= 0.3 is 6.03 Å². The van der Waals surface area contributed by atoms with E-state index in [-0.39, 0.29) is 12.1 Å². The van der Waals surface area contributed by atoms with Gasteiger partial charge in [-0.15, -0.1) is 10.2 Å². The minimum absolute atomic E-state index is 0.0276. The zero-order chi connectivity index (χ0) is 15.1. The summed E-state index contributed by atoms with van der Waals surface area (Å²) in [5.74, 6) is 0.772. The molecule has 2 rings (SSSR count). The number of pyridine rings is 1. The summed E-state index contributed by atoms with van der Waals surface area (Å²) in [6.07, 6.45) is 1.70. The molecule has 0 saturated carbocycles. The molecule has 0 radical (unpaired) electrons. The molecule has 0 saturated heterocycles. The van der Waals surface area contributed by atoms with E-state index in [1.165, 1.54) is 0 Å². The van der Waals surface area contributed by atoms with Crippen LogP contribution in [-0.4, -0.2) is 27.3 Å². The first-order valence-corrected chi connectivity index (χ1v) is 6.58. The van der Waals surface area contributed by atoms with Crippen molar-refractivity contribution in [1.82, 2.24) is 20.5 Å². The number of carbonyl (C=O) groups is 1. The summed E-state index contributed by atoms with van der Waals surface area (Å²) < 4.78 is 5.37. The molecular formula is C14H17N5O2. The molecule has 2 N–H and O–H groups in total. The molecular weight excluding hydrogens is 270 g/mol. The second-order valence-corrected chi connectivity index (χ2v) is 4.55. The Labute approximate surface area is 122 Å².